The number of nitrogens with two attached hydrogens (primary N) is 1. The predicted octanol–water partition coefficient (Wildman–Crippen LogP) is -0.275. The molecule has 6 heteroatoms. The minimum absolute atomic E-state index is 0.0138. The van der Waals surface area contributed by atoms with Gasteiger partial charge in [0.25, 0.3) is 0 Å². The molecule has 0 aliphatic carbocycles. The van der Waals surface area contributed by atoms with Gasteiger partial charge in [0, 0.05) is 13.0 Å². The topological polar surface area (TPSA) is 101 Å². The molecule has 0 aromatic carbocycles. The second-order valence-corrected chi connectivity index (χ2v) is 2.73. The number of aromatic carboxylic acids is 1. The Bertz CT molecular complexity index is 377. The first-order chi connectivity index (χ1) is 6.18. The fourth-order valence-corrected chi connectivity index (χ4v) is 1.35. The Balaban J connectivity index is 2.62. The van der Waals surface area contributed by atoms with E-state index in [0.717, 1.165) is 0 Å². The molecule has 4 N–H and O–H groups in total. The first kappa shape index (κ1) is 7.78. The van der Waals surface area contributed by atoms with Gasteiger partial charge >= 0.3 is 5.97 Å². The van der Waals surface area contributed by atoms with Crippen LogP contribution < -0.4 is 11.1 Å². The Hall–Kier alpha value is -1.85. The van der Waals surface area contributed by atoms with Crippen LogP contribution in [0.15, 0.2) is 0 Å². The van der Waals surface area contributed by atoms with Gasteiger partial charge in [-0.25, -0.2) is 14.8 Å². The highest BCUT2D eigenvalue weighted by molar-refractivity contribution is 5.93. The summed E-state index contributed by atoms with van der Waals surface area (Å²) in [7, 11) is 0. The third kappa shape index (κ3) is 1.16. The normalized spacial score (nSPS) is 13.5. The van der Waals surface area contributed by atoms with E-state index in [4.69, 9.17) is 10.8 Å². The zero-order chi connectivity index (χ0) is 9.42. The Labute approximate surface area is 73.8 Å². The fraction of sp³-hybridized carbons (Fsp3) is 0.286. The van der Waals surface area contributed by atoms with Crippen LogP contribution in [0.5, 0.6) is 0 Å². The van der Waals surface area contributed by atoms with Crippen LogP contribution >= 0.6 is 0 Å². The van der Waals surface area contributed by atoms with Crippen molar-refractivity contribution >= 4 is 17.6 Å². The van der Waals surface area contributed by atoms with Gasteiger partial charge in [-0.1, -0.05) is 0 Å². The highest BCUT2D eigenvalue weighted by Gasteiger charge is 2.21. The van der Waals surface area contributed by atoms with E-state index in [1.54, 1.807) is 0 Å². The number of hydrogen-bond donors (Lipinski definition) is 3. The largest absolute Gasteiger partial charge is 0.476 e. The lowest BCUT2D eigenvalue weighted by atomic mass is 10.2. The number of carbonyl (C=O) groups is 1. The molecule has 0 fully saturated rings. The van der Waals surface area contributed by atoms with E-state index < -0.39 is 5.97 Å². The van der Waals surface area contributed by atoms with Gasteiger partial charge in [0.15, 0.2) is 5.69 Å². The molecule has 0 saturated carbocycles. The van der Waals surface area contributed by atoms with E-state index in [9.17, 15) is 4.79 Å². The summed E-state index contributed by atoms with van der Waals surface area (Å²) in [6.45, 7) is 0.688. The number of carboxylic acid groups (broad SMARTS) is 1. The molecule has 0 amide bonds. The molecule has 2 heterocycles. The number of aromatic nitrogens is 2. The number of nitrogens with one attached hydrogen (secondary N) is 1. The van der Waals surface area contributed by atoms with E-state index >= 15 is 0 Å². The van der Waals surface area contributed by atoms with Gasteiger partial charge in [-0.2, -0.15) is 0 Å². The summed E-state index contributed by atoms with van der Waals surface area (Å²) in [5, 5.41) is 11.7. The monoisotopic (exact) mass is 180 g/mol. The smallest absolute Gasteiger partial charge is 0.356 e. The molecule has 13 heavy (non-hydrogen) atoms. The van der Waals surface area contributed by atoms with E-state index in [1.165, 1.54) is 0 Å². The SMILES string of the molecule is Nc1nc2c(c(C(=O)O)n1)NCC2. The van der Waals surface area contributed by atoms with Crippen molar-refractivity contribution in [3.63, 3.8) is 0 Å². The van der Waals surface area contributed by atoms with Crippen LogP contribution in [0, 0.1) is 0 Å². The van der Waals surface area contributed by atoms with Crippen molar-refractivity contribution in [2.75, 3.05) is 17.6 Å². The first-order valence-electron chi connectivity index (χ1n) is 3.82. The minimum atomic E-state index is -1.08. The standard InChI is InChI=1S/C7H8N4O2/c8-7-10-3-1-2-9-4(3)5(11-7)6(12)13/h9H,1-2H2,(H,12,13)(H2,8,10,11). The van der Waals surface area contributed by atoms with E-state index in [1.807, 2.05) is 0 Å². The average Bonchev–Trinajstić information content (AvgIpc) is 2.49. The van der Waals surface area contributed by atoms with Crippen molar-refractivity contribution in [1.82, 2.24) is 9.97 Å². The van der Waals surface area contributed by atoms with Crippen LogP contribution in [0.1, 0.15) is 16.2 Å². The molecule has 1 aromatic rings. The molecule has 2 rings (SSSR count). The van der Waals surface area contributed by atoms with Gasteiger partial charge < -0.3 is 16.2 Å². The molecule has 6 nitrogen and oxygen atoms in total. The molecule has 0 saturated heterocycles. The molecule has 1 aliphatic rings. The molecule has 0 radical (unpaired) electrons. The van der Waals surface area contributed by atoms with Crippen molar-refractivity contribution in [2.24, 2.45) is 0 Å². The van der Waals surface area contributed by atoms with Gasteiger partial charge in [0.2, 0.25) is 5.95 Å². The van der Waals surface area contributed by atoms with E-state index in [2.05, 4.69) is 15.3 Å². The quantitative estimate of drug-likeness (QED) is 0.549. The summed E-state index contributed by atoms with van der Waals surface area (Å²) in [4.78, 5) is 18.3. The lowest BCUT2D eigenvalue weighted by Gasteiger charge is -2.03. The van der Waals surface area contributed by atoms with Crippen molar-refractivity contribution in [3.05, 3.63) is 11.4 Å². The first-order valence-corrected chi connectivity index (χ1v) is 3.82. The second kappa shape index (κ2) is 2.58. The van der Waals surface area contributed by atoms with E-state index in [-0.39, 0.29) is 11.6 Å². The summed E-state index contributed by atoms with van der Waals surface area (Å²) < 4.78 is 0. The number of rotatable bonds is 1. The van der Waals surface area contributed by atoms with Crippen molar-refractivity contribution in [2.45, 2.75) is 6.42 Å². The van der Waals surface area contributed by atoms with Crippen LogP contribution in [0.2, 0.25) is 0 Å². The van der Waals surface area contributed by atoms with Gasteiger partial charge in [-0.05, 0) is 0 Å². The van der Waals surface area contributed by atoms with Crippen LogP contribution in [0.4, 0.5) is 11.6 Å². The summed E-state index contributed by atoms with van der Waals surface area (Å²) in [6, 6.07) is 0. The van der Waals surface area contributed by atoms with Crippen LogP contribution in [-0.4, -0.2) is 27.6 Å². The molecule has 1 aromatic heterocycles. The number of hydrogen-bond acceptors (Lipinski definition) is 5. The molecular formula is C7H8N4O2. The molecule has 0 unspecified atom stereocenters. The van der Waals surface area contributed by atoms with Crippen molar-refractivity contribution < 1.29 is 9.90 Å². The maximum atomic E-state index is 10.7. The van der Waals surface area contributed by atoms with Crippen molar-refractivity contribution in [3.8, 4) is 0 Å². The summed E-state index contributed by atoms with van der Waals surface area (Å²) >= 11 is 0. The lowest BCUT2D eigenvalue weighted by Crippen LogP contribution is -2.09. The van der Waals surface area contributed by atoms with Crippen molar-refractivity contribution in [1.29, 1.82) is 0 Å². The zero-order valence-electron chi connectivity index (χ0n) is 6.74. The molecule has 0 bridgehead atoms. The highest BCUT2D eigenvalue weighted by Crippen LogP contribution is 2.23. The Morgan fingerprint density at radius 3 is 3.00 bits per heavy atom. The number of nitrogen functional groups attached to an aromatic ring is 1. The lowest BCUT2D eigenvalue weighted by molar-refractivity contribution is 0.0691. The third-order valence-corrected chi connectivity index (χ3v) is 1.87. The number of nitrogens with zero attached hydrogens (tertiary/aromatic N) is 2. The van der Waals surface area contributed by atoms with Gasteiger partial charge in [-0.3, -0.25) is 0 Å². The maximum Gasteiger partial charge on any atom is 0.356 e. The zero-order valence-corrected chi connectivity index (χ0v) is 6.74. The summed E-state index contributed by atoms with van der Waals surface area (Å²) in [5.41, 5.74) is 6.50. The fourth-order valence-electron chi connectivity index (χ4n) is 1.35. The second-order valence-electron chi connectivity index (χ2n) is 2.73. The minimum Gasteiger partial charge on any atom is -0.476 e. The Morgan fingerprint density at radius 1 is 1.54 bits per heavy atom. The van der Waals surface area contributed by atoms with Gasteiger partial charge in [0.1, 0.15) is 0 Å². The van der Waals surface area contributed by atoms with E-state index in [0.29, 0.717) is 24.3 Å². The molecule has 1 aliphatic heterocycles. The Kier molecular flexibility index (Phi) is 1.54. The summed E-state index contributed by atoms with van der Waals surface area (Å²) in [5.74, 6) is -1.07. The number of anilines is 2. The van der Waals surface area contributed by atoms with Crippen LogP contribution in [-0.2, 0) is 6.42 Å². The van der Waals surface area contributed by atoms with Gasteiger partial charge in [-0.15, -0.1) is 0 Å². The van der Waals surface area contributed by atoms with Crippen LogP contribution in [0.3, 0.4) is 0 Å². The third-order valence-electron chi connectivity index (χ3n) is 1.87. The van der Waals surface area contributed by atoms with Crippen LogP contribution in [0.25, 0.3) is 0 Å². The molecular weight excluding hydrogens is 172 g/mol. The number of carboxylic acids is 1. The molecule has 68 valence electrons. The highest BCUT2D eigenvalue weighted by atomic mass is 16.4. The molecule has 0 spiro atoms. The Morgan fingerprint density at radius 2 is 2.31 bits per heavy atom. The predicted molar refractivity (Wildman–Crippen MR) is 45.6 cm³/mol. The summed E-state index contributed by atoms with van der Waals surface area (Å²) in [6.07, 6.45) is 0.697. The number of fused-ring (bicyclic) bond motifs is 1. The molecule has 0 atom stereocenters. The average molecular weight is 180 g/mol. The maximum absolute atomic E-state index is 10.7. The van der Waals surface area contributed by atoms with Gasteiger partial charge in [0.05, 0.1) is 11.4 Å².